The van der Waals surface area contributed by atoms with E-state index < -0.39 is 0 Å². The van der Waals surface area contributed by atoms with Crippen molar-refractivity contribution in [3.05, 3.63) is 224 Å². The number of fused-ring (bicyclic) bond motifs is 6. The molecule has 276 valence electrons. The van der Waals surface area contributed by atoms with Crippen molar-refractivity contribution in [1.82, 2.24) is 4.57 Å². The van der Waals surface area contributed by atoms with Crippen molar-refractivity contribution in [3.8, 4) is 27.9 Å². The van der Waals surface area contributed by atoms with Crippen molar-refractivity contribution >= 4 is 77.5 Å². The van der Waals surface area contributed by atoms with Crippen molar-refractivity contribution in [3.63, 3.8) is 0 Å². The highest BCUT2D eigenvalue weighted by molar-refractivity contribution is 6.19. The third-order valence-corrected chi connectivity index (χ3v) is 12.0. The van der Waals surface area contributed by atoms with Crippen molar-refractivity contribution in [1.29, 1.82) is 0 Å². The topological polar surface area (TPSA) is 11.4 Å². The van der Waals surface area contributed by atoms with E-state index in [0.717, 1.165) is 28.4 Å². The fraction of sp³-hybridized carbons (Fsp3) is 0. The standard InChI is InChI=1S/C56H37N3/c1-4-17-41(18-5-1)57(42-19-6-2-7-20-42)44-28-30-45(31-29-44)59-53-34-33-46(49-24-14-25-50(56(49)53)51-35-38-15-10-11-16-39(38)36-55(51)59)40-27-32-48-47-23-12-13-26-52(47)58(54(48)37-40)43-21-8-3-9-22-43/h1-37H. The molecule has 0 unspecified atom stereocenters. The van der Waals surface area contributed by atoms with E-state index in [-0.39, 0.29) is 0 Å². The number of hydrogen-bond donors (Lipinski definition) is 0. The van der Waals surface area contributed by atoms with E-state index in [1.807, 2.05) is 0 Å². The molecule has 59 heavy (non-hydrogen) atoms. The van der Waals surface area contributed by atoms with Crippen LogP contribution >= 0.6 is 0 Å². The molecule has 0 radical (unpaired) electrons. The molecule has 0 aliphatic carbocycles. The minimum atomic E-state index is 1.10. The van der Waals surface area contributed by atoms with Gasteiger partial charge in [-0.2, -0.15) is 0 Å². The number of anilines is 6. The van der Waals surface area contributed by atoms with Gasteiger partial charge in [0.05, 0.1) is 22.4 Å². The molecule has 0 saturated carbocycles. The van der Waals surface area contributed by atoms with Gasteiger partial charge in [0.2, 0.25) is 0 Å². The van der Waals surface area contributed by atoms with Gasteiger partial charge in [-0.3, -0.25) is 0 Å². The zero-order chi connectivity index (χ0) is 38.9. The highest BCUT2D eigenvalue weighted by Crippen LogP contribution is 2.54. The summed E-state index contributed by atoms with van der Waals surface area (Å²) in [6.45, 7) is 0. The third-order valence-electron chi connectivity index (χ3n) is 12.0. The molecule has 2 heterocycles. The molecule has 0 saturated heterocycles. The summed E-state index contributed by atoms with van der Waals surface area (Å²) in [7, 11) is 0. The van der Waals surface area contributed by atoms with E-state index in [2.05, 4.69) is 239 Å². The monoisotopic (exact) mass is 751 g/mol. The van der Waals surface area contributed by atoms with Gasteiger partial charge in [0.1, 0.15) is 0 Å². The summed E-state index contributed by atoms with van der Waals surface area (Å²) in [4.78, 5) is 4.79. The maximum Gasteiger partial charge on any atom is 0.0547 e. The van der Waals surface area contributed by atoms with Crippen LogP contribution in [0.3, 0.4) is 0 Å². The van der Waals surface area contributed by atoms with Gasteiger partial charge < -0.3 is 14.4 Å². The summed E-state index contributed by atoms with van der Waals surface area (Å²) in [5, 5.41) is 7.47. The van der Waals surface area contributed by atoms with Gasteiger partial charge in [0, 0.05) is 50.2 Å². The Morgan fingerprint density at radius 1 is 0.322 bits per heavy atom. The number of hydrogen-bond acceptors (Lipinski definition) is 2. The van der Waals surface area contributed by atoms with Crippen LogP contribution in [0.2, 0.25) is 0 Å². The molecule has 0 spiro atoms. The third kappa shape index (κ3) is 5.29. The van der Waals surface area contributed by atoms with Crippen LogP contribution in [0.25, 0.3) is 71.3 Å². The molecule has 0 fully saturated rings. The van der Waals surface area contributed by atoms with Gasteiger partial charge in [-0.15, -0.1) is 0 Å². The number of benzene rings is 10. The average Bonchev–Trinajstić information content (AvgIpc) is 3.64. The smallest absolute Gasteiger partial charge is 0.0547 e. The Kier molecular flexibility index (Phi) is 7.54. The molecule has 12 rings (SSSR count). The first-order valence-electron chi connectivity index (χ1n) is 20.3. The number of para-hydroxylation sites is 4. The van der Waals surface area contributed by atoms with E-state index in [1.165, 1.54) is 77.0 Å². The summed E-state index contributed by atoms with van der Waals surface area (Å²) < 4.78 is 2.41. The molecule has 0 bridgehead atoms. The molecule has 3 heteroatoms. The van der Waals surface area contributed by atoms with Gasteiger partial charge >= 0.3 is 0 Å². The number of aromatic nitrogens is 1. The van der Waals surface area contributed by atoms with E-state index in [9.17, 15) is 0 Å². The molecule has 1 aromatic heterocycles. The first-order valence-corrected chi connectivity index (χ1v) is 20.3. The van der Waals surface area contributed by atoms with Crippen LogP contribution in [0.4, 0.5) is 34.1 Å². The van der Waals surface area contributed by atoms with Crippen molar-refractivity contribution in [2.24, 2.45) is 0 Å². The molecular formula is C56H37N3. The van der Waals surface area contributed by atoms with E-state index in [0.29, 0.717) is 0 Å². The second kappa shape index (κ2) is 13.4. The van der Waals surface area contributed by atoms with Crippen molar-refractivity contribution in [2.45, 2.75) is 0 Å². The predicted octanol–water partition coefficient (Wildman–Crippen LogP) is 15.7. The maximum atomic E-state index is 2.47. The van der Waals surface area contributed by atoms with Gasteiger partial charge in [-0.25, -0.2) is 0 Å². The van der Waals surface area contributed by atoms with Crippen LogP contribution in [0.5, 0.6) is 0 Å². The second-order valence-corrected chi connectivity index (χ2v) is 15.4. The highest BCUT2D eigenvalue weighted by atomic mass is 15.2. The Morgan fingerprint density at radius 2 is 0.932 bits per heavy atom. The lowest BCUT2D eigenvalue weighted by Gasteiger charge is -2.35. The van der Waals surface area contributed by atoms with Crippen LogP contribution < -0.4 is 9.80 Å². The molecular weight excluding hydrogens is 715 g/mol. The summed E-state index contributed by atoms with van der Waals surface area (Å²) in [6, 6.07) is 81.7. The summed E-state index contributed by atoms with van der Waals surface area (Å²) in [5.74, 6) is 0. The maximum absolute atomic E-state index is 2.47. The normalized spacial score (nSPS) is 12.0. The SMILES string of the molecule is c1ccc(N(c2ccccc2)c2ccc(N3c4cc5ccccc5cc4-c4cccc5c(-c6ccc7c8ccccc8n(-c8ccccc8)c7c6)ccc3c45)cc2)cc1. The quantitative estimate of drug-likeness (QED) is 0.168. The predicted molar refractivity (Wildman–Crippen MR) is 250 cm³/mol. The highest BCUT2D eigenvalue weighted by Gasteiger charge is 2.28. The molecule has 0 atom stereocenters. The van der Waals surface area contributed by atoms with E-state index in [4.69, 9.17) is 0 Å². The number of nitrogens with zero attached hydrogens (tertiary/aromatic N) is 3. The Labute approximate surface area is 342 Å². The first kappa shape index (κ1) is 33.3. The lowest BCUT2D eigenvalue weighted by molar-refractivity contribution is 1.18. The average molecular weight is 752 g/mol. The molecule has 0 amide bonds. The molecule has 3 nitrogen and oxygen atoms in total. The second-order valence-electron chi connectivity index (χ2n) is 15.4. The molecule has 1 aliphatic rings. The van der Waals surface area contributed by atoms with Crippen LogP contribution in [0.15, 0.2) is 224 Å². The Balaban J connectivity index is 1.06. The van der Waals surface area contributed by atoms with Gasteiger partial charge in [-0.1, -0.05) is 133 Å². The molecule has 0 N–H and O–H groups in total. The lowest BCUT2D eigenvalue weighted by atomic mass is 9.86. The zero-order valence-corrected chi connectivity index (χ0v) is 32.2. The number of rotatable bonds is 6. The van der Waals surface area contributed by atoms with Crippen molar-refractivity contribution in [2.75, 3.05) is 9.80 Å². The molecule has 10 aromatic carbocycles. The summed E-state index contributed by atoms with van der Waals surface area (Å²) in [6.07, 6.45) is 0. The van der Waals surface area contributed by atoms with Crippen LogP contribution in [-0.2, 0) is 0 Å². The van der Waals surface area contributed by atoms with Gasteiger partial charge in [-0.05, 0) is 124 Å². The fourth-order valence-electron chi connectivity index (χ4n) is 9.43. The lowest BCUT2D eigenvalue weighted by Crippen LogP contribution is -2.16. The van der Waals surface area contributed by atoms with E-state index >= 15 is 0 Å². The Hall–Kier alpha value is -7.88. The summed E-state index contributed by atoms with van der Waals surface area (Å²) >= 11 is 0. The van der Waals surface area contributed by atoms with Gasteiger partial charge in [0.25, 0.3) is 0 Å². The largest absolute Gasteiger partial charge is 0.311 e. The molecule has 1 aliphatic heterocycles. The fourth-order valence-corrected chi connectivity index (χ4v) is 9.43. The van der Waals surface area contributed by atoms with Gasteiger partial charge in [0.15, 0.2) is 0 Å². The first-order chi connectivity index (χ1) is 29.3. The Morgan fingerprint density at radius 3 is 1.68 bits per heavy atom. The molecule has 11 aromatic rings. The van der Waals surface area contributed by atoms with Crippen LogP contribution in [-0.4, -0.2) is 4.57 Å². The van der Waals surface area contributed by atoms with Crippen molar-refractivity contribution < 1.29 is 0 Å². The van der Waals surface area contributed by atoms with E-state index in [1.54, 1.807) is 0 Å². The van der Waals surface area contributed by atoms with Crippen LogP contribution in [0, 0.1) is 0 Å². The van der Waals surface area contributed by atoms with Crippen LogP contribution in [0.1, 0.15) is 0 Å². The summed E-state index contributed by atoms with van der Waals surface area (Å²) in [5.41, 5.74) is 15.3. The Bertz CT molecular complexity index is 3330. The zero-order valence-electron chi connectivity index (χ0n) is 32.2. The minimum Gasteiger partial charge on any atom is -0.311 e. The minimum absolute atomic E-state index is 1.10.